The van der Waals surface area contributed by atoms with Crippen LogP contribution in [0.2, 0.25) is 5.15 Å². The first-order valence-electron chi connectivity index (χ1n) is 5.69. The Kier molecular flexibility index (Phi) is 4.65. The fourth-order valence-electron chi connectivity index (χ4n) is 1.75. The second kappa shape index (κ2) is 5.98. The summed E-state index contributed by atoms with van der Waals surface area (Å²) in [5, 5.41) is 0.0294. The van der Waals surface area contributed by atoms with Crippen LogP contribution in [0.15, 0.2) is 33.8 Å². The van der Waals surface area contributed by atoms with E-state index in [4.69, 9.17) is 11.6 Å². The van der Waals surface area contributed by atoms with Gasteiger partial charge >= 0.3 is 0 Å². The maximum atomic E-state index is 13.7. The predicted molar refractivity (Wildman–Crippen MR) is 78.9 cm³/mol. The highest BCUT2D eigenvalue weighted by Crippen LogP contribution is 2.28. The summed E-state index contributed by atoms with van der Waals surface area (Å²) in [6, 6.07) is 2.32. The molecule has 0 unspecified atom stereocenters. The van der Waals surface area contributed by atoms with Gasteiger partial charge in [-0.15, -0.1) is 0 Å². The molecule has 0 aliphatic rings. The summed E-state index contributed by atoms with van der Waals surface area (Å²) < 4.78 is 51.7. The zero-order valence-electron chi connectivity index (χ0n) is 10.7. The van der Waals surface area contributed by atoms with E-state index in [1.54, 1.807) is 6.92 Å². The van der Waals surface area contributed by atoms with Crippen LogP contribution in [0.3, 0.4) is 0 Å². The number of sulfone groups is 1. The zero-order chi connectivity index (χ0) is 15.8. The molecule has 0 bridgehead atoms. The van der Waals surface area contributed by atoms with Gasteiger partial charge in [0.15, 0.2) is 9.84 Å². The van der Waals surface area contributed by atoms with E-state index in [9.17, 15) is 17.2 Å². The number of pyridine rings is 1. The number of hydrogen-bond donors (Lipinski definition) is 0. The maximum absolute atomic E-state index is 13.7. The third kappa shape index (κ3) is 3.41. The quantitative estimate of drug-likeness (QED) is 0.581. The van der Waals surface area contributed by atoms with Crippen LogP contribution >= 0.6 is 27.5 Å². The third-order valence-corrected chi connectivity index (χ3v) is 5.71. The van der Waals surface area contributed by atoms with Crippen molar-refractivity contribution >= 4 is 37.4 Å². The molecule has 0 fully saturated rings. The van der Waals surface area contributed by atoms with Crippen molar-refractivity contribution < 1.29 is 17.2 Å². The van der Waals surface area contributed by atoms with E-state index in [1.165, 1.54) is 6.20 Å². The Balaban J connectivity index is 2.50. The highest BCUT2D eigenvalue weighted by Gasteiger charge is 2.23. The van der Waals surface area contributed by atoms with E-state index < -0.39 is 32.1 Å². The van der Waals surface area contributed by atoms with Gasteiger partial charge < -0.3 is 0 Å². The summed E-state index contributed by atoms with van der Waals surface area (Å²) in [6.45, 7) is 1.67. The van der Waals surface area contributed by atoms with Crippen LogP contribution in [0, 0.1) is 18.6 Å². The molecule has 0 spiro atoms. The Labute approximate surface area is 134 Å². The van der Waals surface area contributed by atoms with Crippen molar-refractivity contribution in [3.05, 3.63) is 56.8 Å². The molecule has 112 valence electrons. The van der Waals surface area contributed by atoms with Gasteiger partial charge in [-0.3, -0.25) is 0 Å². The summed E-state index contributed by atoms with van der Waals surface area (Å²) in [6.07, 6.45) is 1.45. The zero-order valence-corrected chi connectivity index (χ0v) is 13.9. The molecule has 0 amide bonds. The molecule has 1 aromatic heterocycles. The van der Waals surface area contributed by atoms with Crippen molar-refractivity contribution in [2.45, 2.75) is 17.6 Å². The number of halogens is 4. The smallest absolute Gasteiger partial charge is 0.185 e. The lowest BCUT2D eigenvalue weighted by Gasteiger charge is -2.11. The lowest BCUT2D eigenvalue weighted by Crippen LogP contribution is -2.10. The minimum Gasteiger partial charge on any atom is -0.243 e. The Morgan fingerprint density at radius 3 is 2.62 bits per heavy atom. The van der Waals surface area contributed by atoms with Crippen molar-refractivity contribution in [3.63, 3.8) is 0 Å². The topological polar surface area (TPSA) is 47.0 Å². The van der Waals surface area contributed by atoms with Gasteiger partial charge in [0.25, 0.3) is 0 Å². The van der Waals surface area contributed by atoms with Crippen LogP contribution in [0.1, 0.15) is 11.1 Å². The van der Waals surface area contributed by atoms with Crippen molar-refractivity contribution in [2.24, 2.45) is 0 Å². The fourth-order valence-corrected chi connectivity index (χ4v) is 3.95. The lowest BCUT2D eigenvalue weighted by atomic mass is 10.2. The molecule has 2 aromatic rings. The minimum absolute atomic E-state index is 0.0294. The largest absolute Gasteiger partial charge is 0.243 e. The van der Waals surface area contributed by atoms with Gasteiger partial charge in [-0.1, -0.05) is 11.6 Å². The molecule has 0 radical (unpaired) electrons. The van der Waals surface area contributed by atoms with Gasteiger partial charge in [0.1, 0.15) is 21.7 Å². The first-order chi connectivity index (χ1) is 9.72. The molecule has 21 heavy (non-hydrogen) atoms. The number of aromatic nitrogens is 1. The molecular formula is C13H9BrClF2NO2S. The molecule has 0 aliphatic carbocycles. The molecule has 1 heterocycles. The fraction of sp³-hybridized carbons (Fsp3) is 0.154. The van der Waals surface area contributed by atoms with Crippen molar-refractivity contribution in [1.82, 2.24) is 4.98 Å². The van der Waals surface area contributed by atoms with Gasteiger partial charge in [0, 0.05) is 22.3 Å². The maximum Gasteiger partial charge on any atom is 0.185 e. The monoisotopic (exact) mass is 395 g/mol. The lowest BCUT2D eigenvalue weighted by molar-refractivity contribution is 0.548. The summed E-state index contributed by atoms with van der Waals surface area (Å²) in [5.74, 6) is -2.50. The number of nitrogens with zero attached hydrogens (tertiary/aromatic N) is 1. The first kappa shape index (κ1) is 16.3. The van der Waals surface area contributed by atoms with Crippen LogP contribution in [0.4, 0.5) is 8.78 Å². The molecule has 0 aliphatic heterocycles. The average molecular weight is 397 g/mol. The van der Waals surface area contributed by atoms with Crippen molar-refractivity contribution in [3.8, 4) is 0 Å². The summed E-state index contributed by atoms with van der Waals surface area (Å²) in [5.41, 5.74) is 0.871. The van der Waals surface area contributed by atoms with E-state index >= 15 is 0 Å². The van der Waals surface area contributed by atoms with Gasteiger partial charge in [-0.2, -0.15) is 0 Å². The molecule has 0 atom stereocenters. The van der Waals surface area contributed by atoms with E-state index in [0.29, 0.717) is 16.1 Å². The van der Waals surface area contributed by atoms with Crippen LogP contribution in [0.25, 0.3) is 0 Å². The van der Waals surface area contributed by atoms with Crippen molar-refractivity contribution in [2.75, 3.05) is 0 Å². The molecule has 8 heteroatoms. The average Bonchev–Trinajstić information content (AvgIpc) is 2.39. The van der Waals surface area contributed by atoms with Crippen LogP contribution in [0.5, 0.6) is 0 Å². The molecular weight excluding hydrogens is 388 g/mol. The SMILES string of the molecule is Cc1c(Br)cnc(Cl)c1CS(=O)(=O)c1ccc(F)cc1F. The van der Waals surface area contributed by atoms with Crippen molar-refractivity contribution in [1.29, 1.82) is 0 Å². The van der Waals surface area contributed by atoms with Gasteiger partial charge in [-0.25, -0.2) is 22.2 Å². The third-order valence-electron chi connectivity index (χ3n) is 2.91. The normalized spacial score (nSPS) is 11.7. The molecule has 3 nitrogen and oxygen atoms in total. The molecule has 0 saturated heterocycles. The first-order valence-corrected chi connectivity index (χ1v) is 8.52. The molecule has 0 saturated carbocycles. The van der Waals surface area contributed by atoms with E-state index in [1.807, 2.05) is 0 Å². The Morgan fingerprint density at radius 2 is 2.00 bits per heavy atom. The second-order valence-corrected chi connectivity index (χ2v) is 7.50. The molecule has 1 aromatic carbocycles. The highest BCUT2D eigenvalue weighted by molar-refractivity contribution is 9.10. The standard InChI is InChI=1S/C13H9BrClF2NO2S/c1-7-9(13(15)18-5-10(7)14)6-21(19,20)12-3-2-8(16)4-11(12)17/h2-5H,6H2,1H3. The van der Waals surface area contributed by atoms with E-state index in [-0.39, 0.29) is 10.7 Å². The Hall–Kier alpha value is -1.05. The summed E-state index contributed by atoms with van der Waals surface area (Å²) >= 11 is 9.14. The van der Waals surface area contributed by atoms with Crippen LogP contribution in [-0.4, -0.2) is 13.4 Å². The van der Waals surface area contributed by atoms with E-state index in [0.717, 1.165) is 12.1 Å². The minimum atomic E-state index is -4.01. The summed E-state index contributed by atoms with van der Waals surface area (Å²) in [7, 11) is -4.01. The van der Waals surface area contributed by atoms with Gasteiger partial charge in [-0.05, 0) is 40.5 Å². The number of hydrogen-bond acceptors (Lipinski definition) is 3. The van der Waals surface area contributed by atoms with Gasteiger partial charge in [0.05, 0.1) is 5.75 Å². The second-order valence-electron chi connectivity index (χ2n) is 4.33. The predicted octanol–water partition coefficient (Wildman–Crippen LogP) is 4.06. The molecule has 0 N–H and O–H groups in total. The number of benzene rings is 1. The van der Waals surface area contributed by atoms with E-state index in [2.05, 4.69) is 20.9 Å². The Morgan fingerprint density at radius 1 is 1.33 bits per heavy atom. The van der Waals surface area contributed by atoms with Crippen LogP contribution < -0.4 is 0 Å². The molecule has 2 rings (SSSR count). The van der Waals surface area contributed by atoms with Gasteiger partial charge in [0.2, 0.25) is 0 Å². The highest BCUT2D eigenvalue weighted by atomic mass is 79.9. The Bertz CT molecular complexity index is 812. The summed E-state index contributed by atoms with van der Waals surface area (Å²) in [4.78, 5) is 3.28. The number of rotatable bonds is 3. The van der Waals surface area contributed by atoms with Crippen LogP contribution in [-0.2, 0) is 15.6 Å².